The Bertz CT molecular complexity index is 706. The van der Waals surface area contributed by atoms with Crippen molar-refractivity contribution in [1.29, 1.82) is 0 Å². The summed E-state index contributed by atoms with van der Waals surface area (Å²) in [6, 6.07) is 4.65. The lowest BCUT2D eigenvalue weighted by atomic mass is 10.1. The van der Waals surface area contributed by atoms with Gasteiger partial charge < -0.3 is 10.4 Å². The summed E-state index contributed by atoms with van der Waals surface area (Å²) in [4.78, 5) is 23.5. The van der Waals surface area contributed by atoms with Crippen LogP contribution < -0.4 is 5.32 Å². The van der Waals surface area contributed by atoms with Gasteiger partial charge in [-0.3, -0.25) is 4.79 Å². The summed E-state index contributed by atoms with van der Waals surface area (Å²) in [7, 11) is -3.58. The molecular weight excluding hydrogens is 332 g/mol. The second kappa shape index (κ2) is 7.31. The van der Waals surface area contributed by atoms with Crippen LogP contribution in [0.25, 0.3) is 0 Å². The zero-order chi connectivity index (χ0) is 17.9. The van der Waals surface area contributed by atoms with Crippen LogP contribution in [0.3, 0.4) is 0 Å². The molecule has 1 aliphatic rings. The second-order valence-corrected chi connectivity index (χ2v) is 7.68. The van der Waals surface area contributed by atoms with Crippen molar-refractivity contribution in [2.75, 3.05) is 13.1 Å². The fraction of sp³-hybridized carbons (Fsp3) is 0.500. The first-order chi connectivity index (χ1) is 11.3. The SMILES string of the molecule is CCN(CC)S(=O)(=O)c1ccc(C(=O)NC(C(=O)O)C2CC2)cc1. The Balaban J connectivity index is 2.14. The van der Waals surface area contributed by atoms with E-state index in [9.17, 15) is 18.0 Å². The molecule has 1 atom stereocenters. The van der Waals surface area contributed by atoms with Crippen molar-refractivity contribution in [2.45, 2.75) is 37.6 Å². The van der Waals surface area contributed by atoms with Gasteiger partial charge in [-0.1, -0.05) is 13.8 Å². The molecule has 7 nitrogen and oxygen atoms in total. The van der Waals surface area contributed by atoms with Crippen LogP contribution in [-0.2, 0) is 14.8 Å². The molecule has 8 heteroatoms. The predicted octanol–water partition coefficient (Wildman–Crippen LogP) is 1.31. The van der Waals surface area contributed by atoms with E-state index >= 15 is 0 Å². The average molecular weight is 354 g/mol. The number of carboxylic acids is 1. The summed E-state index contributed by atoms with van der Waals surface area (Å²) in [5, 5.41) is 11.6. The average Bonchev–Trinajstić information content (AvgIpc) is 3.37. The highest BCUT2D eigenvalue weighted by Crippen LogP contribution is 2.32. The minimum atomic E-state index is -3.58. The highest BCUT2D eigenvalue weighted by molar-refractivity contribution is 7.89. The van der Waals surface area contributed by atoms with E-state index in [-0.39, 0.29) is 16.4 Å². The molecule has 1 aromatic carbocycles. The molecule has 1 fully saturated rings. The van der Waals surface area contributed by atoms with E-state index in [1.807, 2.05) is 0 Å². The van der Waals surface area contributed by atoms with Crippen LogP contribution >= 0.6 is 0 Å². The van der Waals surface area contributed by atoms with E-state index < -0.39 is 27.9 Å². The van der Waals surface area contributed by atoms with E-state index in [0.29, 0.717) is 13.1 Å². The standard InChI is InChI=1S/C16H22N2O5S/c1-3-18(4-2)24(22,23)13-9-7-12(8-10-13)15(19)17-14(16(20)21)11-5-6-11/h7-11,14H,3-6H2,1-2H3,(H,17,19)(H,20,21). The molecule has 132 valence electrons. The molecule has 2 N–H and O–H groups in total. The van der Waals surface area contributed by atoms with Gasteiger partial charge in [0.25, 0.3) is 5.91 Å². The molecule has 1 amide bonds. The van der Waals surface area contributed by atoms with Crippen LogP contribution in [0.1, 0.15) is 37.0 Å². The van der Waals surface area contributed by atoms with Crippen LogP contribution in [0.15, 0.2) is 29.2 Å². The van der Waals surface area contributed by atoms with Gasteiger partial charge in [0.2, 0.25) is 10.0 Å². The van der Waals surface area contributed by atoms with E-state index in [2.05, 4.69) is 5.32 Å². The van der Waals surface area contributed by atoms with Gasteiger partial charge in [0.1, 0.15) is 6.04 Å². The third kappa shape index (κ3) is 3.93. The number of rotatable bonds is 8. The molecule has 0 radical (unpaired) electrons. The van der Waals surface area contributed by atoms with Crippen LogP contribution in [0.2, 0.25) is 0 Å². The lowest BCUT2D eigenvalue weighted by Crippen LogP contribution is -2.42. The lowest BCUT2D eigenvalue weighted by Gasteiger charge is -2.18. The summed E-state index contributed by atoms with van der Waals surface area (Å²) >= 11 is 0. The first-order valence-electron chi connectivity index (χ1n) is 7.95. The maximum absolute atomic E-state index is 12.4. The Kier molecular flexibility index (Phi) is 5.61. The van der Waals surface area contributed by atoms with Crippen LogP contribution in [-0.4, -0.2) is 48.8 Å². The van der Waals surface area contributed by atoms with E-state index in [4.69, 9.17) is 5.11 Å². The third-order valence-corrected chi connectivity index (χ3v) is 6.17. The minimum absolute atomic E-state index is 0.0197. The van der Waals surface area contributed by atoms with E-state index in [1.165, 1.54) is 28.6 Å². The lowest BCUT2D eigenvalue weighted by molar-refractivity contribution is -0.139. The molecule has 2 rings (SSSR count). The quantitative estimate of drug-likeness (QED) is 0.732. The molecule has 0 heterocycles. The molecule has 1 aromatic rings. The minimum Gasteiger partial charge on any atom is -0.480 e. The Labute approximate surface area is 141 Å². The van der Waals surface area contributed by atoms with Crippen molar-refractivity contribution in [1.82, 2.24) is 9.62 Å². The normalized spacial score (nSPS) is 16.0. The van der Waals surface area contributed by atoms with Gasteiger partial charge in [-0.2, -0.15) is 4.31 Å². The summed E-state index contributed by atoms with van der Waals surface area (Å²) in [5.41, 5.74) is 0.236. The van der Waals surface area contributed by atoms with Crippen LogP contribution in [0.5, 0.6) is 0 Å². The van der Waals surface area contributed by atoms with E-state index in [0.717, 1.165) is 12.8 Å². The fourth-order valence-electron chi connectivity index (χ4n) is 2.53. The molecule has 0 saturated heterocycles. The molecule has 0 bridgehead atoms. The number of aliphatic carboxylic acids is 1. The Hall–Kier alpha value is -1.93. The Morgan fingerprint density at radius 1 is 1.21 bits per heavy atom. The highest BCUT2D eigenvalue weighted by Gasteiger charge is 2.37. The topological polar surface area (TPSA) is 104 Å². The maximum Gasteiger partial charge on any atom is 0.326 e. The molecule has 1 unspecified atom stereocenters. The molecule has 0 aliphatic heterocycles. The van der Waals surface area contributed by atoms with Gasteiger partial charge in [0.15, 0.2) is 0 Å². The summed E-state index contributed by atoms with van der Waals surface area (Å²) in [6.45, 7) is 4.24. The second-order valence-electron chi connectivity index (χ2n) is 5.74. The van der Waals surface area contributed by atoms with Crippen molar-refractivity contribution in [3.05, 3.63) is 29.8 Å². The number of carbonyl (C=O) groups excluding carboxylic acids is 1. The smallest absolute Gasteiger partial charge is 0.326 e. The van der Waals surface area contributed by atoms with Crippen molar-refractivity contribution in [3.63, 3.8) is 0 Å². The number of nitrogens with zero attached hydrogens (tertiary/aromatic N) is 1. The predicted molar refractivity (Wildman–Crippen MR) is 88.2 cm³/mol. The van der Waals surface area contributed by atoms with Crippen LogP contribution in [0.4, 0.5) is 0 Å². The molecular formula is C16H22N2O5S. The van der Waals surface area contributed by atoms with Crippen molar-refractivity contribution < 1.29 is 23.1 Å². The monoisotopic (exact) mass is 354 g/mol. The number of hydrogen-bond donors (Lipinski definition) is 2. The number of carboxylic acid groups (broad SMARTS) is 1. The van der Waals surface area contributed by atoms with Gasteiger partial charge in [0, 0.05) is 18.7 Å². The van der Waals surface area contributed by atoms with Gasteiger partial charge in [-0.15, -0.1) is 0 Å². The highest BCUT2D eigenvalue weighted by atomic mass is 32.2. The summed E-state index contributed by atoms with van der Waals surface area (Å²) in [6.07, 6.45) is 1.58. The van der Waals surface area contributed by atoms with Crippen LogP contribution in [0, 0.1) is 5.92 Å². The zero-order valence-corrected chi connectivity index (χ0v) is 14.5. The van der Waals surface area contributed by atoms with Crippen molar-refractivity contribution in [3.8, 4) is 0 Å². The van der Waals surface area contributed by atoms with Gasteiger partial charge in [-0.25, -0.2) is 13.2 Å². The fourth-order valence-corrected chi connectivity index (χ4v) is 3.98. The van der Waals surface area contributed by atoms with Crippen molar-refractivity contribution >= 4 is 21.9 Å². The Morgan fingerprint density at radius 2 is 1.75 bits per heavy atom. The van der Waals surface area contributed by atoms with Gasteiger partial charge >= 0.3 is 5.97 Å². The molecule has 0 aromatic heterocycles. The number of amides is 1. The number of hydrogen-bond acceptors (Lipinski definition) is 4. The Morgan fingerprint density at radius 3 is 2.17 bits per heavy atom. The number of carbonyl (C=O) groups is 2. The van der Waals surface area contributed by atoms with Gasteiger partial charge in [-0.05, 0) is 43.0 Å². The third-order valence-electron chi connectivity index (χ3n) is 4.11. The largest absolute Gasteiger partial charge is 0.480 e. The van der Waals surface area contributed by atoms with Gasteiger partial charge in [0.05, 0.1) is 4.90 Å². The first kappa shape index (κ1) is 18.4. The zero-order valence-electron chi connectivity index (χ0n) is 13.7. The molecule has 1 saturated carbocycles. The van der Waals surface area contributed by atoms with Crippen molar-refractivity contribution in [2.24, 2.45) is 5.92 Å². The molecule has 0 spiro atoms. The number of benzene rings is 1. The van der Waals surface area contributed by atoms with E-state index in [1.54, 1.807) is 13.8 Å². The number of nitrogens with one attached hydrogen (secondary N) is 1. The summed E-state index contributed by atoms with van der Waals surface area (Å²) in [5.74, 6) is -1.58. The number of sulfonamides is 1. The molecule has 1 aliphatic carbocycles. The first-order valence-corrected chi connectivity index (χ1v) is 9.39. The maximum atomic E-state index is 12.4. The molecule has 24 heavy (non-hydrogen) atoms. The summed E-state index contributed by atoms with van der Waals surface area (Å²) < 4.78 is 26.1.